The molecule has 10 nitrogen and oxygen atoms in total. The summed E-state index contributed by atoms with van der Waals surface area (Å²) in [6, 6.07) is 8.00. The molecule has 5 atom stereocenters. The van der Waals surface area contributed by atoms with Crippen LogP contribution in [0.1, 0.15) is 11.7 Å². The van der Waals surface area contributed by atoms with Gasteiger partial charge in [0.2, 0.25) is 0 Å². The van der Waals surface area contributed by atoms with Gasteiger partial charge in [-0.2, -0.15) is 0 Å². The summed E-state index contributed by atoms with van der Waals surface area (Å²) >= 11 is 0. The smallest absolute Gasteiger partial charge is 0.197 e. The van der Waals surface area contributed by atoms with E-state index in [-0.39, 0.29) is 22.5 Å². The van der Waals surface area contributed by atoms with Gasteiger partial charge < -0.3 is 44.9 Å². The van der Waals surface area contributed by atoms with Crippen molar-refractivity contribution in [3.63, 3.8) is 0 Å². The van der Waals surface area contributed by atoms with E-state index in [4.69, 9.17) is 9.15 Å². The molecule has 3 aromatic rings. The highest BCUT2D eigenvalue weighted by atomic mass is 16.5. The standard InChI is InChI=1S/C21H20O10/c22-7-14-17(26)19(28)20(29)21(31-14)16-11(25)6-13-15(18(16)27)10(24)5-12(30-13)8-1-3-9(23)4-2-8/h1-6,14,17,19-23,25-29H,7H2/t14-,17+,19+,20+,21+/m0/s1. The maximum absolute atomic E-state index is 12.7. The summed E-state index contributed by atoms with van der Waals surface area (Å²) < 4.78 is 11.0. The van der Waals surface area contributed by atoms with Crippen LogP contribution < -0.4 is 5.43 Å². The summed E-state index contributed by atoms with van der Waals surface area (Å²) in [6.45, 7) is -0.700. The van der Waals surface area contributed by atoms with Gasteiger partial charge in [0, 0.05) is 17.7 Å². The van der Waals surface area contributed by atoms with Crippen LogP contribution >= 0.6 is 0 Å². The van der Waals surface area contributed by atoms with Crippen molar-refractivity contribution >= 4 is 11.0 Å². The van der Waals surface area contributed by atoms with Crippen LogP contribution in [-0.2, 0) is 4.74 Å². The normalized spacial score (nSPS) is 26.3. The maximum Gasteiger partial charge on any atom is 0.197 e. The lowest BCUT2D eigenvalue weighted by Gasteiger charge is -2.40. The molecule has 0 bridgehead atoms. The molecule has 1 aliphatic heterocycles. The Morgan fingerprint density at radius 2 is 1.58 bits per heavy atom. The first-order valence-corrected chi connectivity index (χ1v) is 9.35. The second kappa shape index (κ2) is 7.84. The zero-order chi connectivity index (χ0) is 22.4. The van der Waals surface area contributed by atoms with Gasteiger partial charge in [-0.3, -0.25) is 4.79 Å². The highest BCUT2D eigenvalue weighted by Gasteiger charge is 2.46. The van der Waals surface area contributed by atoms with E-state index in [1.54, 1.807) is 0 Å². The number of aliphatic hydroxyl groups is 4. The van der Waals surface area contributed by atoms with Crippen molar-refractivity contribution < 1.29 is 44.9 Å². The molecule has 0 unspecified atom stereocenters. The lowest BCUT2D eigenvalue weighted by molar-refractivity contribution is -0.232. The minimum absolute atomic E-state index is 0.0198. The molecular formula is C21H20O10. The number of aromatic hydroxyl groups is 3. The topological polar surface area (TPSA) is 181 Å². The fourth-order valence-electron chi connectivity index (χ4n) is 3.69. The van der Waals surface area contributed by atoms with Gasteiger partial charge in [-0.1, -0.05) is 0 Å². The molecule has 164 valence electrons. The minimum Gasteiger partial charge on any atom is -0.508 e. The monoisotopic (exact) mass is 432 g/mol. The van der Waals surface area contributed by atoms with Gasteiger partial charge in [-0.15, -0.1) is 0 Å². The summed E-state index contributed by atoms with van der Waals surface area (Å²) in [4.78, 5) is 12.7. The Labute approximate surface area is 174 Å². The van der Waals surface area contributed by atoms with Crippen LogP contribution in [0, 0.1) is 0 Å². The molecule has 0 aliphatic carbocycles. The van der Waals surface area contributed by atoms with Crippen LogP contribution in [0.4, 0.5) is 0 Å². The molecule has 10 heteroatoms. The van der Waals surface area contributed by atoms with E-state index in [1.807, 2.05) is 0 Å². The number of aliphatic hydroxyl groups excluding tert-OH is 4. The Kier molecular flexibility index (Phi) is 5.33. The minimum atomic E-state index is -1.77. The summed E-state index contributed by atoms with van der Waals surface area (Å²) in [7, 11) is 0. The van der Waals surface area contributed by atoms with Crippen molar-refractivity contribution in [3.05, 3.63) is 52.2 Å². The number of phenolic OH excluding ortho intramolecular Hbond substituents is 3. The molecule has 0 radical (unpaired) electrons. The van der Waals surface area contributed by atoms with E-state index in [2.05, 4.69) is 0 Å². The first-order chi connectivity index (χ1) is 14.7. The molecule has 1 fully saturated rings. The van der Waals surface area contributed by atoms with Gasteiger partial charge in [0.1, 0.15) is 64.5 Å². The zero-order valence-electron chi connectivity index (χ0n) is 15.9. The second-order valence-corrected chi connectivity index (χ2v) is 7.30. The molecule has 1 aliphatic rings. The molecule has 4 rings (SSSR count). The summed E-state index contributed by atoms with van der Waals surface area (Å²) in [5, 5.41) is 70.0. The van der Waals surface area contributed by atoms with Gasteiger partial charge >= 0.3 is 0 Å². The number of ether oxygens (including phenoxy) is 1. The molecule has 31 heavy (non-hydrogen) atoms. The SMILES string of the molecule is O=c1cc(-c2ccc(O)cc2)oc2cc(O)c([C@H]3O[C@@H](CO)[C@@H](O)[C@@H](O)[C@H]3O)c(O)c12. The van der Waals surface area contributed by atoms with E-state index < -0.39 is 59.6 Å². The molecule has 7 N–H and O–H groups in total. The maximum atomic E-state index is 12.7. The summed E-state index contributed by atoms with van der Waals surface area (Å²) in [5.41, 5.74) is -0.741. The number of hydrogen-bond acceptors (Lipinski definition) is 10. The lowest BCUT2D eigenvalue weighted by Crippen LogP contribution is -2.55. The average Bonchev–Trinajstić information content (AvgIpc) is 2.73. The van der Waals surface area contributed by atoms with Crippen LogP contribution in [0.2, 0.25) is 0 Å². The third-order valence-electron chi connectivity index (χ3n) is 5.34. The third kappa shape index (κ3) is 3.50. The Balaban J connectivity index is 1.85. The van der Waals surface area contributed by atoms with Gasteiger partial charge in [0.15, 0.2) is 5.43 Å². The van der Waals surface area contributed by atoms with Crippen molar-refractivity contribution in [3.8, 4) is 28.6 Å². The first-order valence-electron chi connectivity index (χ1n) is 9.35. The van der Waals surface area contributed by atoms with E-state index in [0.717, 1.165) is 12.1 Å². The summed E-state index contributed by atoms with van der Waals surface area (Å²) in [5.74, 6) is -1.19. The third-order valence-corrected chi connectivity index (χ3v) is 5.34. The number of fused-ring (bicyclic) bond motifs is 1. The predicted octanol–water partition coefficient (Wildman–Crippen LogP) is 0.0917. The molecule has 2 aromatic carbocycles. The number of phenols is 3. The van der Waals surface area contributed by atoms with Crippen LogP contribution in [0.15, 0.2) is 45.6 Å². The Hall–Kier alpha value is -3.15. The van der Waals surface area contributed by atoms with Crippen LogP contribution in [0.3, 0.4) is 0 Å². The van der Waals surface area contributed by atoms with E-state index in [1.165, 1.54) is 24.3 Å². The number of benzene rings is 2. The number of hydrogen-bond donors (Lipinski definition) is 7. The lowest BCUT2D eigenvalue weighted by atomic mass is 9.89. The Bertz CT molecular complexity index is 1170. The average molecular weight is 432 g/mol. The van der Waals surface area contributed by atoms with Gasteiger partial charge in [-0.25, -0.2) is 0 Å². The highest BCUT2D eigenvalue weighted by Crippen LogP contribution is 2.44. The van der Waals surface area contributed by atoms with Crippen molar-refractivity contribution in [1.29, 1.82) is 0 Å². The highest BCUT2D eigenvalue weighted by molar-refractivity contribution is 5.88. The largest absolute Gasteiger partial charge is 0.508 e. The molecule has 1 aromatic heterocycles. The van der Waals surface area contributed by atoms with Gasteiger partial charge in [0.05, 0.1) is 12.2 Å². The first kappa shape index (κ1) is 21.1. The molecule has 0 spiro atoms. The number of rotatable bonds is 3. The second-order valence-electron chi connectivity index (χ2n) is 7.30. The summed E-state index contributed by atoms with van der Waals surface area (Å²) in [6.07, 6.45) is -7.95. The van der Waals surface area contributed by atoms with E-state index >= 15 is 0 Å². The molecule has 0 saturated carbocycles. The van der Waals surface area contributed by atoms with Crippen molar-refractivity contribution in [2.75, 3.05) is 6.61 Å². The quantitative estimate of drug-likeness (QED) is 0.300. The predicted molar refractivity (Wildman–Crippen MR) is 106 cm³/mol. The van der Waals surface area contributed by atoms with Gasteiger partial charge in [-0.05, 0) is 24.3 Å². The van der Waals surface area contributed by atoms with Crippen LogP contribution in [0.25, 0.3) is 22.3 Å². The Morgan fingerprint density at radius 3 is 2.23 bits per heavy atom. The van der Waals surface area contributed by atoms with Crippen molar-refractivity contribution in [2.24, 2.45) is 0 Å². The molecule has 0 amide bonds. The van der Waals surface area contributed by atoms with Crippen molar-refractivity contribution in [2.45, 2.75) is 30.5 Å². The zero-order valence-corrected chi connectivity index (χ0v) is 15.9. The van der Waals surface area contributed by atoms with Crippen LogP contribution in [0.5, 0.6) is 17.2 Å². The van der Waals surface area contributed by atoms with E-state index in [0.29, 0.717) is 5.56 Å². The fraction of sp³-hybridized carbons (Fsp3) is 0.286. The molecule has 2 heterocycles. The van der Waals surface area contributed by atoms with Gasteiger partial charge in [0.25, 0.3) is 0 Å². The van der Waals surface area contributed by atoms with Crippen LogP contribution in [-0.4, -0.2) is 66.8 Å². The molecule has 1 saturated heterocycles. The fourth-order valence-corrected chi connectivity index (χ4v) is 3.69. The van der Waals surface area contributed by atoms with E-state index in [9.17, 15) is 40.5 Å². The molecular weight excluding hydrogens is 412 g/mol. The Morgan fingerprint density at radius 1 is 0.903 bits per heavy atom. The van der Waals surface area contributed by atoms with Crippen molar-refractivity contribution in [1.82, 2.24) is 0 Å².